The number of aromatic nitrogens is 1. The number of urea groups is 1. The molecule has 0 saturated heterocycles. The summed E-state index contributed by atoms with van der Waals surface area (Å²) in [5.41, 5.74) is 5.10. The van der Waals surface area contributed by atoms with Gasteiger partial charge in [0.1, 0.15) is 0 Å². The molecule has 0 saturated carbocycles. The normalized spacial score (nSPS) is 11.1. The number of anilines is 1. The van der Waals surface area contributed by atoms with Crippen LogP contribution in [0.25, 0.3) is 11.1 Å². The van der Waals surface area contributed by atoms with Crippen LogP contribution < -0.4 is 10.6 Å². The predicted octanol–water partition coefficient (Wildman–Crippen LogP) is 5.19. The maximum Gasteiger partial charge on any atom is 0.319 e. The summed E-state index contributed by atoms with van der Waals surface area (Å²) >= 11 is 0. The molecule has 0 atom stereocenters. The van der Waals surface area contributed by atoms with Gasteiger partial charge in [-0.3, -0.25) is 4.98 Å². The van der Waals surface area contributed by atoms with Crippen molar-refractivity contribution in [3.05, 3.63) is 120 Å². The minimum Gasteiger partial charge on any atom is -0.334 e. The second-order valence-corrected chi connectivity index (χ2v) is 10.0. The fourth-order valence-corrected chi connectivity index (χ4v) is 5.03. The van der Waals surface area contributed by atoms with Gasteiger partial charge in [0.15, 0.2) is 9.84 Å². The summed E-state index contributed by atoms with van der Waals surface area (Å²) in [5, 5.41) is 5.51. The predicted molar refractivity (Wildman–Crippen MR) is 135 cm³/mol. The van der Waals surface area contributed by atoms with E-state index < -0.39 is 9.84 Å². The van der Waals surface area contributed by atoms with Gasteiger partial charge in [-0.2, -0.15) is 0 Å². The topological polar surface area (TPSA) is 88.2 Å². The molecule has 6 nitrogen and oxygen atoms in total. The van der Waals surface area contributed by atoms with Gasteiger partial charge in [0.05, 0.1) is 11.5 Å². The minimum atomic E-state index is -3.35. The molecule has 0 fully saturated rings. The molecular formula is C27H25N3O3S. The van der Waals surface area contributed by atoms with Gasteiger partial charge in [0, 0.05) is 24.6 Å². The number of rotatable bonds is 8. The summed E-state index contributed by atoms with van der Waals surface area (Å²) in [7, 11) is -3.35. The number of nitrogens with zero attached hydrogens (tertiary/aromatic N) is 1. The van der Waals surface area contributed by atoms with E-state index >= 15 is 0 Å². The first-order chi connectivity index (χ1) is 16.5. The Morgan fingerprint density at radius 2 is 1.24 bits per heavy atom. The van der Waals surface area contributed by atoms with Crippen LogP contribution in [0, 0.1) is 0 Å². The zero-order valence-electron chi connectivity index (χ0n) is 18.5. The van der Waals surface area contributed by atoms with Gasteiger partial charge >= 0.3 is 6.03 Å². The van der Waals surface area contributed by atoms with E-state index in [1.807, 2.05) is 66.7 Å². The van der Waals surface area contributed by atoms with Gasteiger partial charge in [-0.05, 0) is 52.1 Å². The van der Waals surface area contributed by atoms with Gasteiger partial charge in [0.2, 0.25) is 0 Å². The molecule has 0 aliphatic carbocycles. The first kappa shape index (κ1) is 23.2. The highest BCUT2D eigenvalue weighted by Gasteiger charge is 2.14. The Labute approximate surface area is 199 Å². The van der Waals surface area contributed by atoms with Crippen LogP contribution >= 0.6 is 0 Å². The van der Waals surface area contributed by atoms with Crippen LogP contribution in [0.2, 0.25) is 0 Å². The van der Waals surface area contributed by atoms with E-state index in [2.05, 4.69) is 15.6 Å². The zero-order valence-corrected chi connectivity index (χ0v) is 19.3. The number of amides is 2. The van der Waals surface area contributed by atoms with Crippen LogP contribution in [0.1, 0.15) is 16.7 Å². The molecule has 1 heterocycles. The Morgan fingerprint density at radius 3 is 1.85 bits per heavy atom. The van der Waals surface area contributed by atoms with E-state index in [0.29, 0.717) is 17.8 Å². The molecule has 2 amide bonds. The quantitative estimate of drug-likeness (QED) is 0.370. The minimum absolute atomic E-state index is 0.0283. The van der Waals surface area contributed by atoms with Crippen LogP contribution in [0.4, 0.5) is 10.5 Å². The molecular weight excluding hydrogens is 446 g/mol. The second-order valence-electron chi connectivity index (χ2n) is 7.96. The van der Waals surface area contributed by atoms with E-state index in [1.165, 1.54) is 0 Å². The Hall–Kier alpha value is -3.97. The van der Waals surface area contributed by atoms with Gasteiger partial charge in [0.25, 0.3) is 0 Å². The summed E-state index contributed by atoms with van der Waals surface area (Å²) in [4.78, 5) is 16.0. The molecule has 0 unspecified atom stereocenters. The van der Waals surface area contributed by atoms with Crippen molar-refractivity contribution in [1.82, 2.24) is 10.3 Å². The van der Waals surface area contributed by atoms with Crippen molar-refractivity contribution in [3.8, 4) is 11.1 Å². The van der Waals surface area contributed by atoms with Gasteiger partial charge in [-0.1, -0.05) is 66.7 Å². The molecule has 0 aliphatic rings. The zero-order chi connectivity index (χ0) is 23.8. The Balaban J connectivity index is 1.30. The maximum atomic E-state index is 12.7. The lowest BCUT2D eigenvalue weighted by Gasteiger charge is -2.09. The van der Waals surface area contributed by atoms with E-state index in [9.17, 15) is 13.2 Å². The lowest BCUT2D eigenvalue weighted by atomic mass is 10.0. The van der Waals surface area contributed by atoms with Crippen molar-refractivity contribution in [1.29, 1.82) is 0 Å². The number of carbonyl (C=O) groups is 1. The number of sulfone groups is 1. The van der Waals surface area contributed by atoms with Crippen LogP contribution in [0.3, 0.4) is 0 Å². The summed E-state index contributed by atoms with van der Waals surface area (Å²) in [5.74, 6) is -0.0958. The van der Waals surface area contributed by atoms with Crippen molar-refractivity contribution in [2.24, 2.45) is 0 Å². The van der Waals surface area contributed by atoms with E-state index in [-0.39, 0.29) is 17.5 Å². The highest BCUT2D eigenvalue weighted by atomic mass is 32.2. The summed E-state index contributed by atoms with van der Waals surface area (Å²) in [6.45, 7) is 0.386. The van der Waals surface area contributed by atoms with Crippen molar-refractivity contribution >= 4 is 21.6 Å². The molecule has 1 aromatic heterocycles. The molecule has 4 aromatic rings. The standard InChI is InChI=1S/C27H25N3O3S/c31-27(29-18-21-14-16-28-17-15-21)30-26-12-8-23(9-13-26)20-34(32,33)19-22-6-10-25(11-7-22)24-4-2-1-3-5-24/h1-17H,18-20H2,(H2,29,30,31). The van der Waals surface area contributed by atoms with E-state index in [0.717, 1.165) is 22.3 Å². The molecule has 0 bridgehead atoms. The van der Waals surface area contributed by atoms with Crippen molar-refractivity contribution in [2.75, 3.05) is 5.32 Å². The average Bonchev–Trinajstić information content (AvgIpc) is 2.85. The largest absolute Gasteiger partial charge is 0.334 e. The monoisotopic (exact) mass is 471 g/mol. The molecule has 2 N–H and O–H groups in total. The van der Waals surface area contributed by atoms with Crippen LogP contribution in [-0.2, 0) is 27.9 Å². The number of hydrogen-bond acceptors (Lipinski definition) is 4. The first-order valence-electron chi connectivity index (χ1n) is 10.8. The SMILES string of the molecule is O=C(NCc1ccncc1)Nc1ccc(CS(=O)(=O)Cc2ccc(-c3ccccc3)cc2)cc1. The smallest absolute Gasteiger partial charge is 0.319 e. The number of hydrogen-bond donors (Lipinski definition) is 2. The van der Waals surface area contributed by atoms with Crippen LogP contribution in [0.5, 0.6) is 0 Å². The summed E-state index contributed by atoms with van der Waals surface area (Å²) in [6, 6.07) is 27.7. The lowest BCUT2D eigenvalue weighted by molar-refractivity contribution is 0.251. The number of benzene rings is 3. The molecule has 172 valence electrons. The number of pyridine rings is 1. The van der Waals surface area contributed by atoms with Gasteiger partial charge in [-0.25, -0.2) is 13.2 Å². The highest BCUT2D eigenvalue weighted by Crippen LogP contribution is 2.21. The van der Waals surface area contributed by atoms with E-state index in [1.54, 1.807) is 36.7 Å². The molecule has 0 aliphatic heterocycles. The maximum absolute atomic E-state index is 12.7. The van der Waals surface area contributed by atoms with Crippen molar-refractivity contribution in [3.63, 3.8) is 0 Å². The van der Waals surface area contributed by atoms with Crippen molar-refractivity contribution in [2.45, 2.75) is 18.1 Å². The molecule has 3 aromatic carbocycles. The second kappa shape index (κ2) is 10.8. The molecule has 0 radical (unpaired) electrons. The third kappa shape index (κ3) is 6.76. The molecule has 0 spiro atoms. The highest BCUT2D eigenvalue weighted by molar-refractivity contribution is 7.89. The molecule has 7 heteroatoms. The lowest BCUT2D eigenvalue weighted by Crippen LogP contribution is -2.28. The average molecular weight is 472 g/mol. The third-order valence-electron chi connectivity index (χ3n) is 5.25. The van der Waals surface area contributed by atoms with Crippen LogP contribution in [-0.4, -0.2) is 19.4 Å². The fraction of sp³-hybridized carbons (Fsp3) is 0.111. The summed E-state index contributed by atoms with van der Waals surface area (Å²) in [6.07, 6.45) is 3.34. The third-order valence-corrected chi connectivity index (χ3v) is 6.79. The van der Waals surface area contributed by atoms with Gasteiger partial charge < -0.3 is 10.6 Å². The van der Waals surface area contributed by atoms with Gasteiger partial charge in [-0.15, -0.1) is 0 Å². The Bertz CT molecular complexity index is 1320. The molecule has 4 rings (SSSR count). The Kier molecular flexibility index (Phi) is 7.34. The Morgan fingerprint density at radius 1 is 0.676 bits per heavy atom. The number of carbonyl (C=O) groups excluding carboxylic acids is 1. The van der Waals surface area contributed by atoms with Crippen molar-refractivity contribution < 1.29 is 13.2 Å². The first-order valence-corrected chi connectivity index (χ1v) is 12.7. The van der Waals surface area contributed by atoms with Crippen LogP contribution in [0.15, 0.2) is 103 Å². The number of nitrogens with one attached hydrogen (secondary N) is 2. The van der Waals surface area contributed by atoms with E-state index in [4.69, 9.17) is 0 Å². The summed E-state index contributed by atoms with van der Waals surface area (Å²) < 4.78 is 25.4. The molecule has 34 heavy (non-hydrogen) atoms. The fourth-order valence-electron chi connectivity index (χ4n) is 3.53.